The van der Waals surface area contributed by atoms with Crippen LogP contribution in [-0.2, 0) is 4.74 Å². The zero-order valence-electron chi connectivity index (χ0n) is 22.7. The number of aromatic nitrogens is 1. The number of phenols is 1. The van der Waals surface area contributed by atoms with Gasteiger partial charge in [0.05, 0.1) is 12.2 Å². The molecule has 5 nitrogen and oxygen atoms in total. The molecule has 1 saturated heterocycles. The molecule has 2 aliphatic rings. The third-order valence-electron chi connectivity index (χ3n) is 7.88. The lowest BCUT2D eigenvalue weighted by molar-refractivity contribution is -0.121. The molecule has 196 valence electrons. The molecule has 5 heteroatoms. The summed E-state index contributed by atoms with van der Waals surface area (Å²) >= 11 is 0. The average molecular weight is 508 g/mol. The van der Waals surface area contributed by atoms with Crippen molar-refractivity contribution in [2.24, 2.45) is 5.92 Å². The summed E-state index contributed by atoms with van der Waals surface area (Å²) in [7, 11) is 4.03. The third-order valence-corrected chi connectivity index (χ3v) is 7.88. The molecular weight excluding hydrogens is 470 g/mol. The van der Waals surface area contributed by atoms with Gasteiger partial charge in [0.25, 0.3) is 0 Å². The Hall–Kier alpha value is -3.67. The van der Waals surface area contributed by atoms with E-state index in [1.165, 1.54) is 16.7 Å². The van der Waals surface area contributed by atoms with Gasteiger partial charge in [-0.3, -0.25) is 4.90 Å². The molecule has 2 N–H and O–H groups in total. The smallest absolute Gasteiger partial charge is 0.130 e. The van der Waals surface area contributed by atoms with Crippen LogP contribution in [0.1, 0.15) is 37.3 Å². The van der Waals surface area contributed by atoms with Gasteiger partial charge in [-0.2, -0.15) is 0 Å². The summed E-state index contributed by atoms with van der Waals surface area (Å²) < 4.78 is 7.02. The Morgan fingerprint density at radius 2 is 2.00 bits per heavy atom. The maximum absolute atomic E-state index is 10.3. The standard InChI is InChI=1S/C33H37N3O2/c1-5-6-11-24-14-10-15-29(23(24)2)33(18-19-36(4)22-38-33)31(25-12-8-7-9-13-25)28-21-26-20-27(37)16-17-30(26)35-32(28)34-3/h5-17,20-21,23,31,37H,18-19,22H2,1-4H3,(H,34,35)/b6-5-,24-11-/t23?,31-,33+/m1/s1. The SMILES string of the molecule is C/C=C\C=C1\C=CC=C([C@]2([C@H](c3ccccc3)c3cc4cc(O)ccc4nc3NC)CCN(C)CO2)C1C. The van der Waals surface area contributed by atoms with Crippen molar-refractivity contribution >= 4 is 16.7 Å². The molecule has 3 aromatic rings. The van der Waals surface area contributed by atoms with E-state index in [0.29, 0.717) is 6.73 Å². The van der Waals surface area contributed by atoms with Gasteiger partial charge >= 0.3 is 0 Å². The Morgan fingerprint density at radius 1 is 1.18 bits per heavy atom. The topological polar surface area (TPSA) is 57.6 Å². The maximum Gasteiger partial charge on any atom is 0.130 e. The van der Waals surface area contributed by atoms with E-state index in [9.17, 15) is 5.11 Å². The number of rotatable bonds is 6. The number of benzene rings is 2. The summed E-state index contributed by atoms with van der Waals surface area (Å²) in [6.45, 7) is 5.79. The molecule has 0 radical (unpaired) electrons. The van der Waals surface area contributed by atoms with Crippen LogP contribution in [0.5, 0.6) is 5.75 Å². The number of anilines is 1. The van der Waals surface area contributed by atoms with Gasteiger partial charge in [0.2, 0.25) is 0 Å². The van der Waals surface area contributed by atoms with Crippen molar-refractivity contribution in [2.75, 3.05) is 32.7 Å². The molecule has 0 bridgehead atoms. The fourth-order valence-electron chi connectivity index (χ4n) is 5.93. The Balaban J connectivity index is 1.78. The number of fused-ring (bicyclic) bond motifs is 1. The fraction of sp³-hybridized carbons (Fsp3) is 0.303. The number of nitrogens with one attached hydrogen (secondary N) is 1. The number of pyridine rings is 1. The lowest BCUT2D eigenvalue weighted by Gasteiger charge is -2.50. The molecule has 0 spiro atoms. The van der Waals surface area contributed by atoms with E-state index in [2.05, 4.69) is 97.0 Å². The molecule has 1 fully saturated rings. The molecule has 1 unspecified atom stereocenters. The van der Waals surface area contributed by atoms with Crippen LogP contribution in [0.4, 0.5) is 5.82 Å². The molecule has 3 atom stereocenters. The van der Waals surface area contributed by atoms with Gasteiger partial charge in [0, 0.05) is 36.4 Å². The largest absolute Gasteiger partial charge is 0.508 e. The predicted octanol–water partition coefficient (Wildman–Crippen LogP) is 6.80. The first-order valence-electron chi connectivity index (χ1n) is 13.4. The van der Waals surface area contributed by atoms with Crippen molar-refractivity contribution < 1.29 is 9.84 Å². The molecule has 1 aliphatic heterocycles. The molecule has 5 rings (SSSR count). The first kappa shape index (κ1) is 26.0. The summed E-state index contributed by atoms with van der Waals surface area (Å²) in [6, 6.07) is 18.2. The predicted molar refractivity (Wildman–Crippen MR) is 156 cm³/mol. The highest BCUT2D eigenvalue weighted by atomic mass is 16.5. The Labute approximate surface area is 225 Å². The number of phenolic OH excluding ortho intramolecular Hbond substituents is 1. The van der Waals surface area contributed by atoms with Gasteiger partial charge in [0.15, 0.2) is 0 Å². The van der Waals surface area contributed by atoms with E-state index in [-0.39, 0.29) is 17.6 Å². The van der Waals surface area contributed by atoms with Crippen LogP contribution in [0, 0.1) is 5.92 Å². The van der Waals surface area contributed by atoms with Crippen LogP contribution >= 0.6 is 0 Å². The molecule has 2 heterocycles. The average Bonchev–Trinajstić information content (AvgIpc) is 2.94. The zero-order chi connectivity index (χ0) is 26.7. The molecule has 38 heavy (non-hydrogen) atoms. The van der Waals surface area contributed by atoms with Gasteiger partial charge < -0.3 is 15.2 Å². The van der Waals surface area contributed by atoms with E-state index < -0.39 is 5.60 Å². The fourth-order valence-corrected chi connectivity index (χ4v) is 5.93. The minimum atomic E-state index is -0.592. The Morgan fingerprint density at radius 3 is 2.71 bits per heavy atom. The number of hydrogen-bond acceptors (Lipinski definition) is 5. The number of allylic oxidation sites excluding steroid dienone is 7. The first-order valence-corrected chi connectivity index (χ1v) is 13.4. The van der Waals surface area contributed by atoms with Crippen LogP contribution < -0.4 is 5.32 Å². The summed E-state index contributed by atoms with van der Waals surface area (Å²) in [5.41, 5.74) is 5.02. The molecule has 1 aromatic heterocycles. The second kappa shape index (κ2) is 11.0. The molecule has 0 saturated carbocycles. The van der Waals surface area contributed by atoms with E-state index in [0.717, 1.165) is 35.2 Å². The minimum absolute atomic E-state index is 0.123. The van der Waals surface area contributed by atoms with E-state index in [1.54, 1.807) is 12.1 Å². The van der Waals surface area contributed by atoms with Crippen molar-refractivity contribution in [1.82, 2.24) is 9.88 Å². The highest BCUT2D eigenvalue weighted by Gasteiger charge is 2.49. The van der Waals surface area contributed by atoms with Gasteiger partial charge in [-0.15, -0.1) is 0 Å². The van der Waals surface area contributed by atoms with Gasteiger partial charge in [-0.05, 0) is 61.4 Å². The molecular formula is C33H37N3O2. The molecule has 1 aliphatic carbocycles. The van der Waals surface area contributed by atoms with Crippen molar-refractivity contribution in [1.29, 1.82) is 0 Å². The highest BCUT2D eigenvalue weighted by molar-refractivity contribution is 5.83. The first-order chi connectivity index (χ1) is 18.5. The minimum Gasteiger partial charge on any atom is -0.508 e. The Bertz CT molecular complexity index is 1410. The van der Waals surface area contributed by atoms with Crippen LogP contribution in [0.3, 0.4) is 0 Å². The van der Waals surface area contributed by atoms with Gasteiger partial charge in [-0.25, -0.2) is 4.98 Å². The number of nitrogens with zero attached hydrogens (tertiary/aromatic N) is 2. The second-order valence-corrected chi connectivity index (χ2v) is 10.3. The zero-order valence-corrected chi connectivity index (χ0v) is 22.7. The summed E-state index contributed by atoms with van der Waals surface area (Å²) in [5.74, 6) is 1.11. The van der Waals surface area contributed by atoms with Crippen LogP contribution in [-0.4, -0.2) is 48.0 Å². The van der Waals surface area contributed by atoms with Crippen molar-refractivity contribution in [2.45, 2.75) is 31.8 Å². The summed E-state index contributed by atoms with van der Waals surface area (Å²) in [5, 5.41) is 14.5. The second-order valence-electron chi connectivity index (χ2n) is 10.3. The lowest BCUT2D eigenvalue weighted by Crippen LogP contribution is -2.52. The van der Waals surface area contributed by atoms with Crippen molar-refractivity contribution in [3.63, 3.8) is 0 Å². The lowest BCUT2D eigenvalue weighted by atomic mass is 9.66. The Kier molecular flexibility index (Phi) is 7.50. The summed E-state index contributed by atoms with van der Waals surface area (Å²) in [6.07, 6.45) is 13.8. The van der Waals surface area contributed by atoms with Crippen molar-refractivity contribution in [3.05, 3.63) is 113 Å². The van der Waals surface area contributed by atoms with Gasteiger partial charge in [-0.1, -0.05) is 73.7 Å². The van der Waals surface area contributed by atoms with E-state index in [1.807, 2.05) is 20.0 Å². The summed E-state index contributed by atoms with van der Waals surface area (Å²) in [4.78, 5) is 7.23. The van der Waals surface area contributed by atoms with Crippen LogP contribution in [0.15, 0.2) is 102 Å². The van der Waals surface area contributed by atoms with Gasteiger partial charge in [0.1, 0.15) is 17.2 Å². The van der Waals surface area contributed by atoms with Crippen molar-refractivity contribution in [3.8, 4) is 5.75 Å². The van der Waals surface area contributed by atoms with E-state index >= 15 is 0 Å². The van der Waals surface area contributed by atoms with E-state index in [4.69, 9.17) is 9.72 Å². The number of hydrogen-bond donors (Lipinski definition) is 2. The number of ether oxygens (including phenoxy) is 1. The van der Waals surface area contributed by atoms with Crippen LogP contribution in [0.2, 0.25) is 0 Å². The van der Waals surface area contributed by atoms with Crippen LogP contribution in [0.25, 0.3) is 10.9 Å². The third kappa shape index (κ3) is 4.80. The monoisotopic (exact) mass is 507 g/mol. The quantitative estimate of drug-likeness (QED) is 0.384. The molecule has 0 amide bonds. The number of aromatic hydroxyl groups is 1. The maximum atomic E-state index is 10.3. The molecule has 2 aromatic carbocycles. The normalized spacial score (nSPS) is 24.2. The highest BCUT2D eigenvalue weighted by Crippen LogP contribution is 2.51.